The van der Waals surface area contributed by atoms with E-state index in [1.807, 2.05) is 18.2 Å². The number of thiazole rings is 1. The summed E-state index contributed by atoms with van der Waals surface area (Å²) in [4.78, 5) is 26.7. The lowest BCUT2D eigenvalue weighted by atomic mass is 10.0. The minimum absolute atomic E-state index is 0.202. The molecule has 3 rings (SSSR count). The first kappa shape index (κ1) is 16.2. The number of Topliss-reactive ketones (excluding diaryl/α,β-unsaturated/α-hetero) is 1. The Hall–Kier alpha value is -2.66. The summed E-state index contributed by atoms with van der Waals surface area (Å²) in [6, 6.07) is 11.3. The fourth-order valence-electron chi connectivity index (χ4n) is 2.26. The van der Waals surface area contributed by atoms with Crippen LogP contribution in [-0.4, -0.2) is 10.8 Å². The highest BCUT2D eigenvalue weighted by Gasteiger charge is 2.05. The molecule has 0 bridgehead atoms. The van der Waals surface area contributed by atoms with Crippen LogP contribution in [0, 0.1) is 0 Å². The molecule has 0 unspecified atom stereocenters. The molecule has 0 atom stereocenters. The lowest BCUT2D eigenvalue weighted by molar-refractivity contribution is 0.103. The van der Waals surface area contributed by atoms with Crippen molar-refractivity contribution >= 4 is 29.3 Å². The molecule has 24 heavy (non-hydrogen) atoms. The Bertz CT molecular complexity index is 1010. The zero-order chi connectivity index (χ0) is 17.1. The molecule has 1 N–H and O–H groups in total. The summed E-state index contributed by atoms with van der Waals surface area (Å²) in [6.07, 6.45) is 4.64. The standard InChI is InChI=1S/C19H17NO3S/c1-12(2)14-7-5-13(6-8-14)10-17-19(22)20-18(24-17)11-15(21)16-4-3-9-23-16/h3-12H,1-2H3,(H,20,22)/b17-10+,18-11-. The molecular weight excluding hydrogens is 322 g/mol. The minimum atomic E-state index is -0.273. The van der Waals surface area contributed by atoms with Crippen LogP contribution in [0.1, 0.15) is 41.4 Å². The Balaban J connectivity index is 1.94. The molecule has 0 saturated carbocycles. The van der Waals surface area contributed by atoms with Crippen LogP contribution in [0.15, 0.2) is 51.9 Å². The molecule has 0 aliphatic heterocycles. The van der Waals surface area contributed by atoms with Crippen LogP contribution >= 0.6 is 11.3 Å². The van der Waals surface area contributed by atoms with Gasteiger partial charge in [-0.25, -0.2) is 0 Å². The molecule has 0 amide bonds. The van der Waals surface area contributed by atoms with Gasteiger partial charge in [-0.2, -0.15) is 0 Å². The lowest BCUT2D eigenvalue weighted by Crippen LogP contribution is -2.20. The molecule has 0 aliphatic carbocycles. The maximum Gasteiger partial charge on any atom is 0.266 e. The van der Waals surface area contributed by atoms with Crippen LogP contribution in [0.5, 0.6) is 0 Å². The van der Waals surface area contributed by atoms with E-state index in [-0.39, 0.29) is 17.1 Å². The fourth-order valence-corrected chi connectivity index (χ4v) is 3.15. The Morgan fingerprint density at radius 1 is 1.21 bits per heavy atom. The first-order chi connectivity index (χ1) is 11.5. The quantitative estimate of drug-likeness (QED) is 0.743. The third kappa shape index (κ3) is 3.63. The van der Waals surface area contributed by atoms with Gasteiger partial charge in [0.1, 0.15) is 0 Å². The summed E-state index contributed by atoms with van der Waals surface area (Å²) >= 11 is 1.25. The summed E-state index contributed by atoms with van der Waals surface area (Å²) in [5.41, 5.74) is 2.01. The predicted octanol–water partition coefficient (Wildman–Crippen LogP) is 2.65. The molecule has 1 aromatic carbocycles. The molecule has 122 valence electrons. The van der Waals surface area contributed by atoms with Crippen molar-refractivity contribution in [3.8, 4) is 0 Å². The van der Waals surface area contributed by atoms with Gasteiger partial charge in [-0.1, -0.05) is 38.1 Å². The average molecular weight is 339 g/mol. The Kier molecular flexibility index (Phi) is 4.62. The third-order valence-electron chi connectivity index (χ3n) is 3.61. The number of rotatable bonds is 4. The molecule has 0 aliphatic rings. The fraction of sp³-hybridized carbons (Fsp3) is 0.158. The van der Waals surface area contributed by atoms with E-state index < -0.39 is 0 Å². The van der Waals surface area contributed by atoms with Gasteiger partial charge < -0.3 is 9.40 Å². The number of carbonyl (C=O) groups is 1. The molecule has 0 saturated heterocycles. The van der Waals surface area contributed by atoms with Crippen LogP contribution in [0.2, 0.25) is 0 Å². The average Bonchev–Trinajstić information content (AvgIpc) is 3.19. The molecule has 2 heterocycles. The Morgan fingerprint density at radius 3 is 2.58 bits per heavy atom. The summed E-state index contributed by atoms with van der Waals surface area (Å²) in [5, 5.41) is 0. The van der Waals surface area contributed by atoms with Crippen LogP contribution in [0.3, 0.4) is 0 Å². The van der Waals surface area contributed by atoms with Gasteiger partial charge in [0.05, 0.1) is 15.5 Å². The molecule has 0 spiro atoms. The van der Waals surface area contributed by atoms with E-state index in [1.165, 1.54) is 29.2 Å². The van der Waals surface area contributed by atoms with Crippen molar-refractivity contribution in [2.24, 2.45) is 0 Å². The van der Waals surface area contributed by atoms with Crippen LogP contribution in [-0.2, 0) is 0 Å². The van der Waals surface area contributed by atoms with Gasteiger partial charge in [0.2, 0.25) is 5.78 Å². The zero-order valence-corrected chi connectivity index (χ0v) is 14.2. The van der Waals surface area contributed by atoms with Gasteiger partial charge in [0.15, 0.2) is 5.76 Å². The molecule has 3 aromatic rings. The van der Waals surface area contributed by atoms with Crippen molar-refractivity contribution < 1.29 is 9.21 Å². The van der Waals surface area contributed by atoms with E-state index in [9.17, 15) is 9.59 Å². The highest BCUT2D eigenvalue weighted by atomic mass is 32.1. The van der Waals surface area contributed by atoms with Gasteiger partial charge in [-0.05, 0) is 35.3 Å². The second kappa shape index (κ2) is 6.84. The predicted molar refractivity (Wildman–Crippen MR) is 95.8 cm³/mol. The second-order valence-electron chi connectivity index (χ2n) is 5.74. The van der Waals surface area contributed by atoms with E-state index >= 15 is 0 Å². The molecule has 4 nitrogen and oxygen atoms in total. The normalized spacial score (nSPS) is 13.0. The Morgan fingerprint density at radius 2 is 1.96 bits per heavy atom. The molecular formula is C19H17NO3S. The molecule has 0 fully saturated rings. The lowest BCUT2D eigenvalue weighted by Gasteiger charge is -2.04. The van der Waals surface area contributed by atoms with Crippen LogP contribution in [0.4, 0.5) is 0 Å². The van der Waals surface area contributed by atoms with Crippen molar-refractivity contribution in [3.63, 3.8) is 0 Å². The summed E-state index contributed by atoms with van der Waals surface area (Å²) in [7, 11) is 0. The number of hydrogen-bond donors (Lipinski definition) is 1. The molecule has 0 radical (unpaired) electrons. The minimum Gasteiger partial charge on any atom is -0.461 e. The number of carbonyl (C=O) groups excluding carboxylic acids is 1. The number of nitrogens with one attached hydrogen (secondary N) is 1. The topological polar surface area (TPSA) is 63.1 Å². The number of aromatic nitrogens is 1. The third-order valence-corrected chi connectivity index (χ3v) is 4.57. The summed E-state index contributed by atoms with van der Waals surface area (Å²) < 4.78 is 6.12. The SMILES string of the molecule is CC(C)c1ccc(/C=c2/s/c(=C\C(=O)c3ccco3)[nH]c2=O)cc1. The van der Waals surface area contributed by atoms with Crippen molar-refractivity contribution in [3.05, 3.63) is 79.1 Å². The van der Waals surface area contributed by atoms with E-state index in [4.69, 9.17) is 4.42 Å². The summed E-state index contributed by atoms with van der Waals surface area (Å²) in [5.74, 6) is 0.447. The maximum absolute atomic E-state index is 12.1. The number of ketones is 1. The van der Waals surface area contributed by atoms with Gasteiger partial charge in [0, 0.05) is 6.08 Å². The number of furan rings is 1. The van der Waals surface area contributed by atoms with Gasteiger partial charge in [0.25, 0.3) is 5.56 Å². The summed E-state index contributed by atoms with van der Waals surface area (Å²) in [6.45, 7) is 4.28. The van der Waals surface area contributed by atoms with Gasteiger partial charge in [-0.15, -0.1) is 11.3 Å². The monoisotopic (exact) mass is 339 g/mol. The first-order valence-corrected chi connectivity index (χ1v) is 8.45. The molecule has 2 aromatic heterocycles. The van der Waals surface area contributed by atoms with Crippen LogP contribution < -0.4 is 14.8 Å². The first-order valence-electron chi connectivity index (χ1n) is 7.63. The highest BCUT2D eigenvalue weighted by molar-refractivity contribution is 7.07. The van der Waals surface area contributed by atoms with Crippen molar-refractivity contribution in [1.82, 2.24) is 4.98 Å². The largest absolute Gasteiger partial charge is 0.461 e. The van der Waals surface area contributed by atoms with Crippen molar-refractivity contribution in [2.45, 2.75) is 19.8 Å². The van der Waals surface area contributed by atoms with E-state index in [0.29, 0.717) is 15.1 Å². The number of H-pyrrole nitrogens is 1. The number of aromatic amines is 1. The smallest absolute Gasteiger partial charge is 0.266 e. The van der Waals surface area contributed by atoms with E-state index in [1.54, 1.807) is 12.1 Å². The Labute approximate surface area is 142 Å². The second-order valence-corrected chi connectivity index (χ2v) is 6.82. The van der Waals surface area contributed by atoms with Crippen molar-refractivity contribution in [1.29, 1.82) is 0 Å². The van der Waals surface area contributed by atoms with E-state index in [2.05, 4.69) is 31.0 Å². The van der Waals surface area contributed by atoms with Gasteiger partial charge >= 0.3 is 0 Å². The van der Waals surface area contributed by atoms with Crippen LogP contribution in [0.25, 0.3) is 12.2 Å². The molecule has 5 heteroatoms. The highest BCUT2D eigenvalue weighted by Crippen LogP contribution is 2.14. The van der Waals surface area contributed by atoms with Crippen molar-refractivity contribution in [2.75, 3.05) is 0 Å². The van der Waals surface area contributed by atoms with E-state index in [0.717, 1.165) is 5.56 Å². The van der Waals surface area contributed by atoms with Gasteiger partial charge in [-0.3, -0.25) is 9.59 Å². The number of benzene rings is 1. The zero-order valence-electron chi connectivity index (χ0n) is 13.4. The maximum atomic E-state index is 12.1. The number of hydrogen-bond acceptors (Lipinski definition) is 4.